The van der Waals surface area contributed by atoms with Crippen LogP contribution in [0.25, 0.3) is 0 Å². The van der Waals surface area contributed by atoms with Crippen LogP contribution in [0.2, 0.25) is 0 Å². The molecule has 0 aliphatic carbocycles. The molecule has 2 N–H and O–H groups in total. The summed E-state index contributed by atoms with van der Waals surface area (Å²) in [5.41, 5.74) is 6.96. The highest BCUT2D eigenvalue weighted by Crippen LogP contribution is 2.20. The van der Waals surface area contributed by atoms with Crippen molar-refractivity contribution in [3.63, 3.8) is 0 Å². The fourth-order valence-corrected chi connectivity index (χ4v) is 2.23. The molecule has 62 valence electrons. The van der Waals surface area contributed by atoms with Crippen molar-refractivity contribution in [3.05, 3.63) is 19.9 Å². The van der Waals surface area contributed by atoms with Gasteiger partial charge in [0.05, 0.1) is 15.5 Å². The molecule has 0 amide bonds. The molecule has 0 radical (unpaired) electrons. The lowest BCUT2D eigenvalue weighted by Crippen LogP contribution is -2.14. The highest BCUT2D eigenvalue weighted by atomic mass is 127. The van der Waals surface area contributed by atoms with Crippen molar-refractivity contribution < 1.29 is 4.74 Å². The quantitative estimate of drug-likeness (QED) is 0.861. The maximum Gasteiger partial charge on any atom is 0.0656 e. The van der Waals surface area contributed by atoms with E-state index in [2.05, 4.69) is 34.0 Å². The predicted molar refractivity (Wildman–Crippen MR) is 55.8 cm³/mol. The van der Waals surface area contributed by atoms with Crippen molar-refractivity contribution in [2.24, 2.45) is 5.73 Å². The van der Waals surface area contributed by atoms with Crippen LogP contribution < -0.4 is 5.73 Å². The minimum absolute atomic E-state index is 0.0276. The first kappa shape index (κ1) is 9.44. The first-order valence-corrected chi connectivity index (χ1v) is 5.18. The van der Waals surface area contributed by atoms with Gasteiger partial charge in [0.15, 0.2) is 0 Å². The Labute approximate surface area is 83.9 Å². The van der Waals surface area contributed by atoms with Crippen LogP contribution in [0, 0.1) is 2.88 Å². The molecule has 4 heteroatoms. The second-order valence-corrected chi connectivity index (χ2v) is 5.05. The van der Waals surface area contributed by atoms with E-state index in [-0.39, 0.29) is 6.04 Å². The molecule has 0 aliphatic rings. The Bertz CT molecular complexity index is 226. The minimum Gasteiger partial charge on any atom is -0.383 e. The fourth-order valence-electron chi connectivity index (χ4n) is 0.794. The van der Waals surface area contributed by atoms with E-state index in [1.165, 1.54) is 8.45 Å². The maximum absolute atomic E-state index is 5.80. The Morgan fingerprint density at radius 1 is 1.82 bits per heavy atom. The Morgan fingerprint density at radius 2 is 2.55 bits per heavy atom. The van der Waals surface area contributed by atoms with Crippen LogP contribution in [0.5, 0.6) is 0 Å². The highest BCUT2D eigenvalue weighted by Gasteiger charge is 2.06. The fraction of sp³-hybridized carbons (Fsp3) is 0.429. The van der Waals surface area contributed by atoms with Gasteiger partial charge in [-0.1, -0.05) is 0 Å². The van der Waals surface area contributed by atoms with Gasteiger partial charge in [0, 0.05) is 7.11 Å². The zero-order valence-corrected chi connectivity index (χ0v) is 9.18. The van der Waals surface area contributed by atoms with E-state index >= 15 is 0 Å². The largest absolute Gasteiger partial charge is 0.383 e. The summed E-state index contributed by atoms with van der Waals surface area (Å²) in [6, 6.07) is 2.12. The van der Waals surface area contributed by atoms with Crippen LogP contribution in [0.1, 0.15) is 11.6 Å². The van der Waals surface area contributed by atoms with Crippen LogP contribution >= 0.6 is 33.9 Å². The summed E-state index contributed by atoms with van der Waals surface area (Å²) in [7, 11) is 1.66. The molecule has 1 unspecified atom stereocenters. The van der Waals surface area contributed by atoms with E-state index in [1.807, 2.05) is 0 Å². The molecule has 1 rings (SSSR count). The molecule has 2 nitrogen and oxygen atoms in total. The van der Waals surface area contributed by atoms with Gasteiger partial charge in [0.1, 0.15) is 0 Å². The number of hydrogen-bond donors (Lipinski definition) is 1. The summed E-state index contributed by atoms with van der Waals surface area (Å²) in [4.78, 5) is 0. The summed E-state index contributed by atoms with van der Waals surface area (Å²) in [5.74, 6) is 0. The molecule has 0 saturated heterocycles. The number of methoxy groups -OCH3 is 1. The summed E-state index contributed by atoms with van der Waals surface area (Å²) in [5, 5.41) is 2.07. The van der Waals surface area contributed by atoms with Gasteiger partial charge >= 0.3 is 0 Å². The number of halogens is 1. The molecule has 0 bridgehead atoms. The Morgan fingerprint density at radius 3 is 3.00 bits per heavy atom. The van der Waals surface area contributed by atoms with Gasteiger partial charge in [0.2, 0.25) is 0 Å². The monoisotopic (exact) mass is 283 g/mol. The van der Waals surface area contributed by atoms with Crippen molar-refractivity contribution in [1.29, 1.82) is 0 Å². The molecular weight excluding hydrogens is 273 g/mol. The average molecular weight is 283 g/mol. The standard InChI is InChI=1S/C7H10INOS/c1-10-3-6(9)5-2-7(8)11-4-5/h2,4,6H,3,9H2,1H3. The second kappa shape index (κ2) is 4.39. The molecule has 1 aromatic rings. The summed E-state index contributed by atoms with van der Waals surface area (Å²) >= 11 is 3.99. The summed E-state index contributed by atoms with van der Waals surface area (Å²) in [6.07, 6.45) is 0. The van der Waals surface area contributed by atoms with E-state index < -0.39 is 0 Å². The van der Waals surface area contributed by atoms with E-state index in [9.17, 15) is 0 Å². The second-order valence-electron chi connectivity index (χ2n) is 2.25. The van der Waals surface area contributed by atoms with Gasteiger partial charge in [-0.25, -0.2) is 0 Å². The summed E-state index contributed by atoms with van der Waals surface area (Å²) in [6.45, 7) is 0.590. The van der Waals surface area contributed by atoms with Gasteiger partial charge in [0.25, 0.3) is 0 Å². The van der Waals surface area contributed by atoms with Crippen LogP contribution in [0.15, 0.2) is 11.4 Å². The topological polar surface area (TPSA) is 35.2 Å². The lowest BCUT2D eigenvalue weighted by molar-refractivity contribution is 0.181. The van der Waals surface area contributed by atoms with E-state index in [4.69, 9.17) is 10.5 Å². The van der Waals surface area contributed by atoms with Crippen molar-refractivity contribution in [2.45, 2.75) is 6.04 Å². The predicted octanol–water partition coefficient (Wildman–Crippen LogP) is 2.00. The van der Waals surface area contributed by atoms with Gasteiger partial charge in [-0.05, 0) is 39.6 Å². The summed E-state index contributed by atoms with van der Waals surface area (Å²) < 4.78 is 6.21. The van der Waals surface area contributed by atoms with Crippen LogP contribution in [-0.4, -0.2) is 13.7 Å². The number of nitrogens with two attached hydrogens (primary N) is 1. The molecule has 11 heavy (non-hydrogen) atoms. The number of ether oxygens (including phenoxy) is 1. The highest BCUT2D eigenvalue weighted by molar-refractivity contribution is 14.1. The van der Waals surface area contributed by atoms with Crippen LogP contribution in [0.4, 0.5) is 0 Å². The molecule has 0 spiro atoms. The molecule has 1 heterocycles. The molecule has 0 saturated carbocycles. The number of rotatable bonds is 3. The minimum atomic E-state index is 0.0276. The first-order valence-electron chi connectivity index (χ1n) is 3.22. The Hall–Kier alpha value is 0.350. The van der Waals surface area contributed by atoms with E-state index in [0.29, 0.717) is 6.61 Å². The smallest absolute Gasteiger partial charge is 0.0656 e. The molecule has 0 aromatic carbocycles. The van der Waals surface area contributed by atoms with Gasteiger partial charge < -0.3 is 10.5 Å². The molecule has 0 aliphatic heterocycles. The van der Waals surface area contributed by atoms with Crippen LogP contribution in [0.3, 0.4) is 0 Å². The third-order valence-electron chi connectivity index (χ3n) is 1.36. The van der Waals surface area contributed by atoms with Crippen LogP contribution in [-0.2, 0) is 4.74 Å². The first-order chi connectivity index (χ1) is 5.24. The Kier molecular flexibility index (Phi) is 3.77. The molecule has 1 atom stereocenters. The normalized spacial score (nSPS) is 13.4. The van der Waals surface area contributed by atoms with Gasteiger partial charge in [-0.2, -0.15) is 0 Å². The lowest BCUT2D eigenvalue weighted by Gasteiger charge is -2.06. The average Bonchev–Trinajstić information content (AvgIpc) is 2.36. The lowest BCUT2D eigenvalue weighted by atomic mass is 10.2. The van der Waals surface area contributed by atoms with Crippen molar-refractivity contribution in [3.8, 4) is 0 Å². The third-order valence-corrected chi connectivity index (χ3v) is 3.17. The molecule has 1 aromatic heterocycles. The third kappa shape index (κ3) is 2.70. The SMILES string of the molecule is COCC(N)c1csc(I)c1. The van der Waals surface area contributed by atoms with Gasteiger partial charge in [-0.3, -0.25) is 0 Å². The van der Waals surface area contributed by atoms with E-state index in [1.54, 1.807) is 18.4 Å². The maximum atomic E-state index is 5.80. The zero-order chi connectivity index (χ0) is 8.27. The van der Waals surface area contributed by atoms with Gasteiger partial charge in [-0.15, -0.1) is 11.3 Å². The molecular formula is C7H10INOS. The Balaban J connectivity index is 2.60. The number of hydrogen-bond acceptors (Lipinski definition) is 3. The number of thiophene rings is 1. The molecule has 0 fully saturated rings. The van der Waals surface area contributed by atoms with E-state index in [0.717, 1.165) is 0 Å². The van der Waals surface area contributed by atoms with Crippen molar-refractivity contribution in [2.75, 3.05) is 13.7 Å². The van der Waals surface area contributed by atoms with Crippen molar-refractivity contribution >= 4 is 33.9 Å². The zero-order valence-electron chi connectivity index (χ0n) is 6.21. The van der Waals surface area contributed by atoms with Crippen molar-refractivity contribution in [1.82, 2.24) is 0 Å².